The molecule has 1 heterocycles. The van der Waals surface area contributed by atoms with Crippen LogP contribution >= 0.6 is 11.8 Å². The maximum Gasteiger partial charge on any atom is 0.340 e. The highest BCUT2D eigenvalue weighted by Crippen LogP contribution is 2.33. The Hall–Kier alpha value is -3.50. The van der Waals surface area contributed by atoms with E-state index in [-0.39, 0.29) is 6.54 Å². The number of nitrogens with one attached hydrogen (secondary N) is 1. The highest BCUT2D eigenvalue weighted by Gasteiger charge is 2.21. The minimum atomic E-state index is -0.970. The van der Waals surface area contributed by atoms with Crippen LogP contribution in [0.2, 0.25) is 0 Å². The van der Waals surface area contributed by atoms with E-state index in [0.29, 0.717) is 21.8 Å². The Morgan fingerprint density at radius 3 is 2.55 bits per heavy atom. The summed E-state index contributed by atoms with van der Waals surface area (Å²) in [6.07, 6.45) is 0.547. The first-order valence-electron chi connectivity index (χ1n) is 8.85. The van der Waals surface area contributed by atoms with Crippen molar-refractivity contribution in [2.24, 2.45) is 0 Å². The predicted octanol–water partition coefficient (Wildman–Crippen LogP) is 4.16. The van der Waals surface area contributed by atoms with Crippen molar-refractivity contribution in [3.63, 3.8) is 0 Å². The van der Waals surface area contributed by atoms with Crippen molar-refractivity contribution in [2.75, 3.05) is 0 Å². The van der Waals surface area contributed by atoms with Crippen molar-refractivity contribution in [1.82, 2.24) is 5.32 Å². The molecule has 0 saturated heterocycles. The van der Waals surface area contributed by atoms with Gasteiger partial charge in [-0.1, -0.05) is 36.0 Å². The van der Waals surface area contributed by atoms with E-state index in [0.717, 1.165) is 4.90 Å². The van der Waals surface area contributed by atoms with Crippen LogP contribution in [0.5, 0.6) is 0 Å². The number of ether oxygens (including phenoxy) is 1. The number of carbonyl (C=O) groups excluding carboxylic acids is 2. The molecule has 2 aromatic carbocycles. The SMILES string of the molecule is C[C@H](OC(=O)c1ccccc1Sc1ccccc1C#N)C(=O)NCc1ccco1. The van der Waals surface area contributed by atoms with E-state index in [1.54, 1.807) is 48.5 Å². The molecule has 0 aliphatic carbocycles. The van der Waals surface area contributed by atoms with Crippen molar-refractivity contribution in [3.8, 4) is 6.07 Å². The Morgan fingerprint density at radius 1 is 1.10 bits per heavy atom. The van der Waals surface area contributed by atoms with Crippen LogP contribution in [0.3, 0.4) is 0 Å². The summed E-state index contributed by atoms with van der Waals surface area (Å²) >= 11 is 1.30. The summed E-state index contributed by atoms with van der Waals surface area (Å²) in [6.45, 7) is 1.72. The molecular weight excluding hydrogens is 388 g/mol. The van der Waals surface area contributed by atoms with Crippen molar-refractivity contribution in [1.29, 1.82) is 5.26 Å². The number of nitriles is 1. The highest BCUT2D eigenvalue weighted by atomic mass is 32.2. The number of nitrogens with zero attached hydrogens (tertiary/aromatic N) is 1. The molecular formula is C22H18N2O4S. The molecule has 0 unspecified atom stereocenters. The lowest BCUT2D eigenvalue weighted by Gasteiger charge is -2.15. The van der Waals surface area contributed by atoms with Crippen molar-refractivity contribution in [3.05, 3.63) is 83.8 Å². The average Bonchev–Trinajstić information content (AvgIpc) is 3.26. The van der Waals surface area contributed by atoms with Gasteiger partial charge in [0, 0.05) is 9.79 Å². The average molecular weight is 406 g/mol. The number of hydrogen-bond donors (Lipinski definition) is 1. The molecule has 146 valence electrons. The molecule has 0 radical (unpaired) electrons. The maximum atomic E-state index is 12.7. The van der Waals surface area contributed by atoms with Crippen LogP contribution in [0, 0.1) is 11.3 Å². The van der Waals surface area contributed by atoms with Crippen molar-refractivity contribution in [2.45, 2.75) is 29.4 Å². The third-order valence-electron chi connectivity index (χ3n) is 4.00. The molecule has 0 bridgehead atoms. The van der Waals surface area contributed by atoms with Gasteiger partial charge < -0.3 is 14.5 Å². The van der Waals surface area contributed by atoms with Crippen LogP contribution in [0.4, 0.5) is 0 Å². The molecule has 1 amide bonds. The Balaban J connectivity index is 1.68. The van der Waals surface area contributed by atoms with Gasteiger partial charge in [-0.05, 0) is 43.3 Å². The molecule has 6 nitrogen and oxygen atoms in total. The molecule has 1 N–H and O–H groups in total. The quantitative estimate of drug-likeness (QED) is 0.592. The number of amides is 1. The molecule has 0 aliphatic rings. The standard InChI is InChI=1S/C22H18N2O4S/c1-15(21(25)24-14-17-8-6-12-27-17)28-22(26)18-9-3-5-11-20(18)29-19-10-4-2-7-16(19)13-23/h2-12,15H,14H2,1H3,(H,24,25)/t15-/m0/s1. The fourth-order valence-corrected chi connectivity index (χ4v) is 3.51. The monoisotopic (exact) mass is 406 g/mol. The summed E-state index contributed by atoms with van der Waals surface area (Å²) < 4.78 is 10.5. The molecule has 1 atom stereocenters. The van der Waals surface area contributed by atoms with E-state index >= 15 is 0 Å². The zero-order valence-corrected chi connectivity index (χ0v) is 16.4. The van der Waals surface area contributed by atoms with Crippen molar-refractivity contribution < 1.29 is 18.7 Å². The van der Waals surface area contributed by atoms with Gasteiger partial charge >= 0.3 is 5.97 Å². The lowest BCUT2D eigenvalue weighted by molar-refractivity contribution is -0.129. The summed E-state index contributed by atoms with van der Waals surface area (Å²) in [5.74, 6) is -0.423. The van der Waals surface area contributed by atoms with Crippen LogP contribution in [0.1, 0.15) is 28.6 Å². The second-order valence-electron chi connectivity index (χ2n) is 6.05. The molecule has 0 spiro atoms. The fourth-order valence-electron chi connectivity index (χ4n) is 2.50. The summed E-state index contributed by atoms with van der Waals surface area (Å²) in [4.78, 5) is 26.2. The van der Waals surface area contributed by atoms with Gasteiger partial charge in [-0.25, -0.2) is 4.79 Å². The number of furan rings is 1. The van der Waals surface area contributed by atoms with E-state index < -0.39 is 18.0 Å². The van der Waals surface area contributed by atoms with Crippen LogP contribution < -0.4 is 5.32 Å². The Bertz CT molecular complexity index is 1040. The van der Waals surface area contributed by atoms with Crippen molar-refractivity contribution >= 4 is 23.6 Å². The summed E-state index contributed by atoms with van der Waals surface area (Å²) in [5.41, 5.74) is 0.849. The van der Waals surface area contributed by atoms with Gasteiger partial charge in [0.2, 0.25) is 0 Å². The van der Waals surface area contributed by atoms with Gasteiger partial charge in [0.1, 0.15) is 11.8 Å². The van der Waals surface area contributed by atoms with Crippen LogP contribution in [0.25, 0.3) is 0 Å². The number of benzene rings is 2. The van der Waals surface area contributed by atoms with Gasteiger partial charge in [0.25, 0.3) is 5.91 Å². The number of carbonyl (C=O) groups is 2. The van der Waals surface area contributed by atoms with Crippen LogP contribution in [-0.2, 0) is 16.1 Å². The maximum absolute atomic E-state index is 12.7. The first-order valence-corrected chi connectivity index (χ1v) is 9.67. The molecule has 29 heavy (non-hydrogen) atoms. The Kier molecular flexibility index (Phi) is 6.72. The minimum Gasteiger partial charge on any atom is -0.467 e. The third kappa shape index (κ3) is 5.27. The largest absolute Gasteiger partial charge is 0.467 e. The number of rotatable bonds is 7. The molecule has 7 heteroatoms. The third-order valence-corrected chi connectivity index (χ3v) is 5.16. The second kappa shape index (κ2) is 9.62. The topological polar surface area (TPSA) is 92.3 Å². The summed E-state index contributed by atoms with van der Waals surface area (Å²) in [6, 6.07) is 19.7. The zero-order chi connectivity index (χ0) is 20.6. The molecule has 0 aliphatic heterocycles. The minimum absolute atomic E-state index is 0.213. The van der Waals surface area contributed by atoms with E-state index in [1.165, 1.54) is 24.9 Å². The van der Waals surface area contributed by atoms with E-state index in [1.807, 2.05) is 12.1 Å². The van der Waals surface area contributed by atoms with Gasteiger partial charge in [0.15, 0.2) is 6.10 Å². The number of hydrogen-bond acceptors (Lipinski definition) is 6. The normalized spacial score (nSPS) is 11.3. The molecule has 0 saturated carbocycles. The van der Waals surface area contributed by atoms with E-state index in [2.05, 4.69) is 11.4 Å². The second-order valence-corrected chi connectivity index (χ2v) is 7.13. The van der Waals surface area contributed by atoms with E-state index in [4.69, 9.17) is 9.15 Å². The molecule has 3 rings (SSSR count). The highest BCUT2D eigenvalue weighted by molar-refractivity contribution is 7.99. The van der Waals surface area contributed by atoms with Crippen LogP contribution in [-0.4, -0.2) is 18.0 Å². The van der Waals surface area contributed by atoms with Gasteiger partial charge in [-0.3, -0.25) is 4.79 Å². The molecule has 1 aromatic heterocycles. The predicted molar refractivity (Wildman–Crippen MR) is 107 cm³/mol. The summed E-state index contributed by atoms with van der Waals surface area (Å²) in [5, 5.41) is 11.9. The Morgan fingerprint density at radius 2 is 1.83 bits per heavy atom. The lowest BCUT2D eigenvalue weighted by atomic mass is 10.2. The molecule has 0 fully saturated rings. The van der Waals surface area contributed by atoms with Crippen LogP contribution in [0.15, 0.2) is 81.1 Å². The van der Waals surface area contributed by atoms with E-state index in [9.17, 15) is 14.9 Å². The van der Waals surface area contributed by atoms with Gasteiger partial charge in [0.05, 0.1) is 23.9 Å². The Labute approximate surface area is 172 Å². The fraction of sp³-hybridized carbons (Fsp3) is 0.136. The van der Waals surface area contributed by atoms with Gasteiger partial charge in [-0.2, -0.15) is 5.26 Å². The molecule has 3 aromatic rings. The first kappa shape index (κ1) is 20.2. The lowest BCUT2D eigenvalue weighted by Crippen LogP contribution is -2.35. The van der Waals surface area contributed by atoms with Gasteiger partial charge in [-0.15, -0.1) is 0 Å². The zero-order valence-electron chi connectivity index (χ0n) is 15.6. The number of esters is 1. The first-order chi connectivity index (χ1) is 14.1. The smallest absolute Gasteiger partial charge is 0.340 e. The summed E-state index contributed by atoms with van der Waals surface area (Å²) in [7, 11) is 0.